The minimum absolute atomic E-state index is 0.177. The zero-order chi connectivity index (χ0) is 23.5. The molecule has 0 unspecified atom stereocenters. The zero-order valence-corrected chi connectivity index (χ0v) is 20.5. The Kier molecular flexibility index (Phi) is 7.62. The van der Waals surface area contributed by atoms with Crippen molar-refractivity contribution in [2.75, 3.05) is 20.2 Å². The Bertz CT molecular complexity index is 1070. The van der Waals surface area contributed by atoms with E-state index in [1.54, 1.807) is 19.2 Å². The molecule has 2 aromatic rings. The summed E-state index contributed by atoms with van der Waals surface area (Å²) in [5.41, 5.74) is 3.12. The van der Waals surface area contributed by atoms with Gasteiger partial charge in [-0.1, -0.05) is 32.0 Å². The van der Waals surface area contributed by atoms with Crippen LogP contribution < -0.4 is 10.1 Å². The van der Waals surface area contributed by atoms with Gasteiger partial charge in [0, 0.05) is 18.7 Å². The van der Waals surface area contributed by atoms with Gasteiger partial charge in [-0.2, -0.15) is 4.31 Å². The molecule has 1 saturated heterocycles. The normalized spacial score (nSPS) is 16.5. The third kappa shape index (κ3) is 5.15. The number of amides is 1. The Labute approximate surface area is 192 Å². The van der Waals surface area contributed by atoms with Crippen LogP contribution in [0.25, 0.3) is 0 Å². The summed E-state index contributed by atoms with van der Waals surface area (Å²) >= 11 is 0. The molecule has 0 saturated carbocycles. The number of nitrogens with one attached hydrogen (secondary N) is 1. The molecule has 0 spiro atoms. The van der Waals surface area contributed by atoms with Gasteiger partial charge in [0.2, 0.25) is 10.0 Å². The molecule has 6 nitrogen and oxygen atoms in total. The lowest BCUT2D eigenvalue weighted by molar-refractivity contribution is 0.0934. The van der Waals surface area contributed by atoms with Crippen LogP contribution >= 0.6 is 0 Å². The van der Waals surface area contributed by atoms with Gasteiger partial charge in [-0.05, 0) is 73.9 Å². The van der Waals surface area contributed by atoms with Crippen molar-refractivity contribution in [1.29, 1.82) is 0 Å². The van der Waals surface area contributed by atoms with E-state index in [1.165, 1.54) is 10.4 Å². The van der Waals surface area contributed by atoms with Crippen molar-refractivity contribution in [2.45, 2.75) is 57.9 Å². The van der Waals surface area contributed by atoms with Crippen molar-refractivity contribution in [3.63, 3.8) is 0 Å². The molecule has 2 aromatic carbocycles. The molecule has 1 aliphatic rings. The fourth-order valence-corrected chi connectivity index (χ4v) is 5.65. The number of nitrogens with zero attached hydrogens (tertiary/aromatic N) is 1. The largest absolute Gasteiger partial charge is 0.496 e. The molecule has 3 rings (SSSR count). The summed E-state index contributed by atoms with van der Waals surface area (Å²) in [7, 11) is -1.98. The SMILES string of the molecule is CC[C@@H](NC(=O)c1cc(S(=O)(=O)N2CCC(C)CC2)ccc1C)c1ccc(OC)c(C)c1. The van der Waals surface area contributed by atoms with E-state index in [4.69, 9.17) is 4.74 Å². The molecule has 1 N–H and O–H groups in total. The molecule has 174 valence electrons. The third-order valence-electron chi connectivity index (χ3n) is 6.37. The van der Waals surface area contributed by atoms with E-state index in [2.05, 4.69) is 12.2 Å². The van der Waals surface area contributed by atoms with Crippen molar-refractivity contribution < 1.29 is 17.9 Å². The topological polar surface area (TPSA) is 75.7 Å². The van der Waals surface area contributed by atoms with Crippen LogP contribution in [0, 0.1) is 19.8 Å². The molecule has 0 aromatic heterocycles. The van der Waals surface area contributed by atoms with E-state index in [1.807, 2.05) is 39.0 Å². The first-order valence-corrected chi connectivity index (χ1v) is 12.7. The van der Waals surface area contributed by atoms with Crippen LogP contribution in [0.2, 0.25) is 0 Å². The Morgan fingerprint density at radius 2 is 1.81 bits per heavy atom. The molecule has 1 amide bonds. The maximum Gasteiger partial charge on any atom is 0.252 e. The Morgan fingerprint density at radius 3 is 2.41 bits per heavy atom. The summed E-state index contributed by atoms with van der Waals surface area (Å²) in [6, 6.07) is 10.5. The number of hydrogen-bond acceptors (Lipinski definition) is 4. The molecule has 1 atom stereocenters. The predicted molar refractivity (Wildman–Crippen MR) is 127 cm³/mol. The van der Waals surface area contributed by atoms with Crippen molar-refractivity contribution in [2.24, 2.45) is 5.92 Å². The number of rotatable bonds is 7. The first-order valence-electron chi connectivity index (χ1n) is 11.2. The van der Waals surface area contributed by atoms with Crippen LogP contribution in [-0.2, 0) is 10.0 Å². The van der Waals surface area contributed by atoms with E-state index in [0.29, 0.717) is 31.0 Å². The van der Waals surface area contributed by atoms with Crippen molar-refractivity contribution in [3.8, 4) is 5.75 Å². The number of ether oxygens (including phenoxy) is 1. The molecule has 1 heterocycles. The van der Waals surface area contributed by atoms with E-state index >= 15 is 0 Å². The van der Waals surface area contributed by atoms with E-state index in [9.17, 15) is 13.2 Å². The van der Waals surface area contributed by atoms with Crippen LogP contribution in [-0.4, -0.2) is 38.8 Å². The second kappa shape index (κ2) is 10.0. The first-order chi connectivity index (χ1) is 15.2. The van der Waals surface area contributed by atoms with Crippen LogP contribution in [0.4, 0.5) is 0 Å². The highest BCUT2D eigenvalue weighted by molar-refractivity contribution is 7.89. The molecule has 7 heteroatoms. The molecular formula is C25H34N2O4S. The van der Waals surface area contributed by atoms with Gasteiger partial charge in [0.15, 0.2) is 0 Å². The zero-order valence-electron chi connectivity index (χ0n) is 19.6. The minimum Gasteiger partial charge on any atom is -0.496 e. The molecule has 0 radical (unpaired) electrons. The molecule has 1 aliphatic heterocycles. The fraction of sp³-hybridized carbons (Fsp3) is 0.480. The summed E-state index contributed by atoms with van der Waals surface area (Å²) in [5, 5.41) is 3.08. The highest BCUT2D eigenvalue weighted by atomic mass is 32.2. The van der Waals surface area contributed by atoms with Crippen LogP contribution in [0.5, 0.6) is 5.75 Å². The fourth-order valence-electron chi connectivity index (χ4n) is 4.16. The molecule has 32 heavy (non-hydrogen) atoms. The second-order valence-corrected chi connectivity index (χ2v) is 10.7. The molecule has 0 aliphatic carbocycles. The number of aryl methyl sites for hydroxylation is 2. The number of sulfonamides is 1. The van der Waals surface area contributed by atoms with Crippen LogP contribution in [0.3, 0.4) is 0 Å². The van der Waals surface area contributed by atoms with Gasteiger partial charge in [-0.3, -0.25) is 4.79 Å². The molecular weight excluding hydrogens is 424 g/mol. The van der Waals surface area contributed by atoms with Gasteiger partial charge in [-0.25, -0.2) is 8.42 Å². The number of benzene rings is 2. The molecule has 0 bridgehead atoms. The maximum absolute atomic E-state index is 13.2. The first kappa shape index (κ1) is 24.3. The maximum atomic E-state index is 13.2. The van der Waals surface area contributed by atoms with Crippen molar-refractivity contribution in [1.82, 2.24) is 9.62 Å². The second-order valence-electron chi connectivity index (χ2n) is 8.73. The summed E-state index contributed by atoms with van der Waals surface area (Å²) in [6.45, 7) is 8.99. The smallest absolute Gasteiger partial charge is 0.252 e. The Morgan fingerprint density at radius 1 is 1.12 bits per heavy atom. The average molecular weight is 459 g/mol. The summed E-state index contributed by atoms with van der Waals surface area (Å²) in [4.78, 5) is 13.3. The van der Waals surface area contributed by atoms with E-state index in [0.717, 1.165) is 35.3 Å². The monoisotopic (exact) mass is 458 g/mol. The van der Waals surface area contributed by atoms with Gasteiger partial charge in [0.05, 0.1) is 18.0 Å². The summed E-state index contributed by atoms with van der Waals surface area (Å²) in [6.07, 6.45) is 2.43. The van der Waals surface area contributed by atoms with Crippen molar-refractivity contribution in [3.05, 3.63) is 58.7 Å². The minimum atomic E-state index is -3.62. The quantitative estimate of drug-likeness (QED) is 0.657. The Balaban J connectivity index is 1.84. The Hall–Kier alpha value is -2.38. The lowest BCUT2D eigenvalue weighted by Gasteiger charge is -2.29. The number of carbonyl (C=O) groups is 1. The standard InChI is InChI=1S/C25H34N2O4S/c1-6-23(20-8-10-24(31-5)19(4)15-20)26-25(28)22-16-21(9-7-18(22)3)32(29,30)27-13-11-17(2)12-14-27/h7-10,15-17,23H,6,11-14H2,1-5H3,(H,26,28)/t23-/m1/s1. The van der Waals surface area contributed by atoms with Crippen molar-refractivity contribution >= 4 is 15.9 Å². The lowest BCUT2D eigenvalue weighted by Crippen LogP contribution is -2.38. The van der Waals surface area contributed by atoms with Gasteiger partial charge in [-0.15, -0.1) is 0 Å². The molecule has 1 fully saturated rings. The highest BCUT2D eigenvalue weighted by Crippen LogP contribution is 2.27. The van der Waals surface area contributed by atoms with Gasteiger partial charge < -0.3 is 10.1 Å². The predicted octanol–water partition coefficient (Wildman–Crippen LogP) is 4.61. The van der Waals surface area contributed by atoms with E-state index < -0.39 is 10.0 Å². The lowest BCUT2D eigenvalue weighted by atomic mass is 10.0. The highest BCUT2D eigenvalue weighted by Gasteiger charge is 2.29. The number of methoxy groups -OCH3 is 1. The number of hydrogen-bond donors (Lipinski definition) is 1. The van der Waals surface area contributed by atoms with E-state index in [-0.39, 0.29) is 16.8 Å². The van der Waals surface area contributed by atoms with Gasteiger partial charge in [0.1, 0.15) is 5.75 Å². The summed E-state index contributed by atoms with van der Waals surface area (Å²) < 4.78 is 33.2. The number of piperidine rings is 1. The van der Waals surface area contributed by atoms with Crippen LogP contribution in [0.1, 0.15) is 66.2 Å². The number of carbonyl (C=O) groups excluding carboxylic acids is 1. The average Bonchev–Trinajstić information content (AvgIpc) is 2.77. The van der Waals surface area contributed by atoms with Crippen LogP contribution in [0.15, 0.2) is 41.3 Å². The third-order valence-corrected chi connectivity index (χ3v) is 8.26. The van der Waals surface area contributed by atoms with Gasteiger partial charge >= 0.3 is 0 Å². The van der Waals surface area contributed by atoms with Gasteiger partial charge in [0.25, 0.3) is 5.91 Å². The summed E-state index contributed by atoms with van der Waals surface area (Å²) in [5.74, 6) is 1.07.